The normalized spacial score (nSPS) is 28.1. The van der Waals surface area contributed by atoms with Gasteiger partial charge in [-0.1, -0.05) is 6.92 Å². The Kier molecular flexibility index (Phi) is 5.81. The maximum Gasteiger partial charge on any atom is 0.219 e. The summed E-state index contributed by atoms with van der Waals surface area (Å²) in [5, 5.41) is 0. The number of likely N-dealkylation sites (N-methyl/N-ethyl adjacent to an activating group) is 1. The number of amides is 1. The van der Waals surface area contributed by atoms with Crippen LogP contribution in [0.1, 0.15) is 26.7 Å². The highest BCUT2D eigenvalue weighted by Crippen LogP contribution is 2.27. The largest absolute Gasteiger partial charge is 0.377 e. The van der Waals surface area contributed by atoms with Crippen LogP contribution >= 0.6 is 0 Å². The second-order valence-corrected chi connectivity index (χ2v) is 6.02. The van der Waals surface area contributed by atoms with E-state index < -0.39 is 0 Å². The fraction of sp³-hybridized carbons (Fsp3) is 0.933. The van der Waals surface area contributed by atoms with Crippen LogP contribution in [0.4, 0.5) is 0 Å². The zero-order valence-corrected chi connectivity index (χ0v) is 13.2. The third kappa shape index (κ3) is 4.17. The highest BCUT2D eigenvalue weighted by molar-refractivity contribution is 5.73. The van der Waals surface area contributed by atoms with E-state index in [1.165, 1.54) is 13.1 Å². The first-order chi connectivity index (χ1) is 9.60. The number of hydrogen-bond donors (Lipinski definition) is 0. The van der Waals surface area contributed by atoms with Gasteiger partial charge in [-0.05, 0) is 19.4 Å². The van der Waals surface area contributed by atoms with Gasteiger partial charge in [0.05, 0.1) is 12.7 Å². The summed E-state index contributed by atoms with van der Waals surface area (Å²) in [4.78, 5) is 18.0. The number of nitrogens with zero attached hydrogens (tertiary/aromatic N) is 3. The van der Waals surface area contributed by atoms with Crippen LogP contribution in [-0.2, 0) is 9.53 Å². The van der Waals surface area contributed by atoms with Gasteiger partial charge >= 0.3 is 0 Å². The van der Waals surface area contributed by atoms with Gasteiger partial charge < -0.3 is 14.5 Å². The average molecular weight is 283 g/mol. The minimum Gasteiger partial charge on any atom is -0.377 e. The first-order valence-corrected chi connectivity index (χ1v) is 7.89. The molecule has 1 amide bonds. The van der Waals surface area contributed by atoms with E-state index in [1.54, 1.807) is 6.92 Å². The standard InChI is InChI=1S/C15H29N3O2/c1-4-17-5-7-18(8-6-17)9-10-20-15-11-14(12-15)16(3)13(2)19/h14-15H,4-12H2,1-3H3. The molecule has 2 aliphatic rings. The Labute approximate surface area is 122 Å². The third-order valence-corrected chi connectivity index (χ3v) is 4.79. The maximum absolute atomic E-state index is 11.2. The van der Waals surface area contributed by atoms with Crippen molar-refractivity contribution in [2.75, 3.05) is 52.9 Å². The summed E-state index contributed by atoms with van der Waals surface area (Å²) in [6, 6.07) is 0.394. The second kappa shape index (κ2) is 7.38. The van der Waals surface area contributed by atoms with Gasteiger partial charge in [0.2, 0.25) is 5.91 Å². The molecule has 0 aromatic rings. The summed E-state index contributed by atoms with van der Waals surface area (Å²) in [5.74, 6) is 0.155. The molecular formula is C15H29N3O2. The molecule has 2 fully saturated rings. The van der Waals surface area contributed by atoms with Crippen LogP contribution in [0.2, 0.25) is 0 Å². The molecule has 0 aromatic carbocycles. The van der Waals surface area contributed by atoms with Crippen molar-refractivity contribution < 1.29 is 9.53 Å². The van der Waals surface area contributed by atoms with Crippen LogP contribution < -0.4 is 0 Å². The first-order valence-electron chi connectivity index (χ1n) is 7.89. The van der Waals surface area contributed by atoms with Crippen LogP contribution in [0, 0.1) is 0 Å². The van der Waals surface area contributed by atoms with E-state index in [-0.39, 0.29) is 5.91 Å². The van der Waals surface area contributed by atoms with E-state index in [2.05, 4.69) is 16.7 Å². The van der Waals surface area contributed by atoms with Crippen molar-refractivity contribution in [2.24, 2.45) is 0 Å². The van der Waals surface area contributed by atoms with Crippen LogP contribution in [-0.4, -0.2) is 85.7 Å². The number of carbonyl (C=O) groups excluding carboxylic acids is 1. The highest BCUT2D eigenvalue weighted by Gasteiger charge is 2.33. The lowest BCUT2D eigenvalue weighted by Gasteiger charge is -2.41. The molecule has 0 radical (unpaired) electrons. The molecule has 2 rings (SSSR count). The highest BCUT2D eigenvalue weighted by atomic mass is 16.5. The molecule has 0 N–H and O–H groups in total. The van der Waals surface area contributed by atoms with E-state index in [9.17, 15) is 4.79 Å². The summed E-state index contributed by atoms with van der Waals surface area (Å²) in [7, 11) is 1.89. The molecule has 0 spiro atoms. The first kappa shape index (κ1) is 15.7. The van der Waals surface area contributed by atoms with E-state index in [4.69, 9.17) is 4.74 Å². The van der Waals surface area contributed by atoms with Crippen LogP contribution in [0.3, 0.4) is 0 Å². The summed E-state index contributed by atoms with van der Waals surface area (Å²) in [5.41, 5.74) is 0. The Morgan fingerprint density at radius 2 is 1.80 bits per heavy atom. The topological polar surface area (TPSA) is 36.0 Å². The van der Waals surface area contributed by atoms with Gasteiger partial charge in [0, 0.05) is 52.7 Å². The molecule has 5 heteroatoms. The lowest BCUT2D eigenvalue weighted by Crippen LogP contribution is -2.49. The van der Waals surface area contributed by atoms with Crippen LogP contribution in [0.5, 0.6) is 0 Å². The predicted molar refractivity (Wildman–Crippen MR) is 79.8 cm³/mol. The minimum absolute atomic E-state index is 0.155. The van der Waals surface area contributed by atoms with E-state index in [0.29, 0.717) is 12.1 Å². The summed E-state index contributed by atoms with van der Waals surface area (Å²) in [6.07, 6.45) is 2.36. The van der Waals surface area contributed by atoms with Crippen molar-refractivity contribution >= 4 is 5.91 Å². The number of piperazine rings is 1. The number of rotatable bonds is 6. The van der Waals surface area contributed by atoms with Crippen LogP contribution in [0.15, 0.2) is 0 Å². The maximum atomic E-state index is 11.2. The Hall–Kier alpha value is -0.650. The summed E-state index contributed by atoms with van der Waals surface area (Å²) < 4.78 is 5.90. The molecule has 20 heavy (non-hydrogen) atoms. The molecule has 1 aliphatic heterocycles. The summed E-state index contributed by atoms with van der Waals surface area (Å²) >= 11 is 0. The smallest absolute Gasteiger partial charge is 0.219 e. The quantitative estimate of drug-likeness (QED) is 0.717. The Bertz CT molecular complexity index is 310. The van der Waals surface area contributed by atoms with Gasteiger partial charge in [-0.25, -0.2) is 0 Å². The van der Waals surface area contributed by atoms with Crippen molar-refractivity contribution in [3.8, 4) is 0 Å². The van der Waals surface area contributed by atoms with E-state index in [1.807, 2.05) is 11.9 Å². The Balaban J connectivity index is 1.52. The van der Waals surface area contributed by atoms with E-state index >= 15 is 0 Å². The SMILES string of the molecule is CCN1CCN(CCOC2CC(N(C)C(C)=O)C2)CC1. The Morgan fingerprint density at radius 1 is 1.20 bits per heavy atom. The lowest BCUT2D eigenvalue weighted by atomic mass is 9.88. The van der Waals surface area contributed by atoms with Gasteiger partial charge in [-0.2, -0.15) is 0 Å². The molecule has 1 heterocycles. The van der Waals surface area contributed by atoms with Gasteiger partial charge in [-0.3, -0.25) is 9.69 Å². The van der Waals surface area contributed by atoms with Gasteiger partial charge in [0.15, 0.2) is 0 Å². The second-order valence-electron chi connectivity index (χ2n) is 6.02. The molecule has 0 unspecified atom stereocenters. The average Bonchev–Trinajstić information content (AvgIpc) is 2.41. The number of carbonyl (C=O) groups is 1. The molecule has 1 aliphatic carbocycles. The van der Waals surface area contributed by atoms with E-state index in [0.717, 1.165) is 45.6 Å². The zero-order chi connectivity index (χ0) is 14.5. The fourth-order valence-electron chi connectivity index (χ4n) is 2.92. The van der Waals surface area contributed by atoms with Crippen LogP contribution in [0.25, 0.3) is 0 Å². The summed E-state index contributed by atoms with van der Waals surface area (Å²) in [6.45, 7) is 11.6. The van der Waals surface area contributed by atoms with Crippen molar-refractivity contribution in [1.82, 2.24) is 14.7 Å². The molecule has 116 valence electrons. The third-order valence-electron chi connectivity index (χ3n) is 4.79. The molecule has 0 atom stereocenters. The molecule has 1 saturated carbocycles. The molecule has 0 aromatic heterocycles. The molecule has 5 nitrogen and oxygen atoms in total. The Morgan fingerprint density at radius 3 is 2.35 bits per heavy atom. The van der Waals surface area contributed by atoms with Gasteiger partial charge in [-0.15, -0.1) is 0 Å². The minimum atomic E-state index is 0.155. The molecule has 1 saturated heterocycles. The van der Waals surface area contributed by atoms with Gasteiger partial charge in [0.1, 0.15) is 0 Å². The van der Waals surface area contributed by atoms with Crippen molar-refractivity contribution in [3.63, 3.8) is 0 Å². The monoisotopic (exact) mass is 283 g/mol. The molecule has 0 bridgehead atoms. The van der Waals surface area contributed by atoms with Crippen molar-refractivity contribution in [2.45, 2.75) is 38.8 Å². The zero-order valence-electron chi connectivity index (χ0n) is 13.2. The number of ether oxygens (including phenoxy) is 1. The van der Waals surface area contributed by atoms with Gasteiger partial charge in [0.25, 0.3) is 0 Å². The lowest BCUT2D eigenvalue weighted by molar-refractivity contribution is -0.135. The van der Waals surface area contributed by atoms with Crippen molar-refractivity contribution in [3.05, 3.63) is 0 Å². The fourth-order valence-corrected chi connectivity index (χ4v) is 2.92. The van der Waals surface area contributed by atoms with Crippen molar-refractivity contribution in [1.29, 1.82) is 0 Å². The molecular weight excluding hydrogens is 254 g/mol. The number of hydrogen-bond acceptors (Lipinski definition) is 4. The predicted octanol–water partition coefficient (Wildman–Crippen LogP) is 0.650.